The third-order valence-electron chi connectivity index (χ3n) is 3.01. The van der Waals surface area contributed by atoms with Crippen LogP contribution in [0.1, 0.15) is 12.0 Å². The third kappa shape index (κ3) is 1.88. The van der Waals surface area contributed by atoms with Gasteiger partial charge in [0.15, 0.2) is 0 Å². The molecule has 2 heterocycles. The number of aromatic nitrogens is 2. The zero-order valence-electron chi connectivity index (χ0n) is 9.66. The first kappa shape index (κ1) is 11.0. The SMILES string of the molecule is O=c1[nH]c(-c2cccc(F)c2)nc2c1CCCN2. The van der Waals surface area contributed by atoms with Gasteiger partial charge in [-0.1, -0.05) is 12.1 Å². The number of rotatable bonds is 1. The third-order valence-corrected chi connectivity index (χ3v) is 3.01. The van der Waals surface area contributed by atoms with E-state index in [9.17, 15) is 9.18 Å². The highest BCUT2D eigenvalue weighted by molar-refractivity contribution is 5.58. The predicted molar refractivity (Wildman–Crippen MR) is 67.1 cm³/mol. The monoisotopic (exact) mass is 245 g/mol. The summed E-state index contributed by atoms with van der Waals surface area (Å²) in [6.45, 7) is 0.812. The van der Waals surface area contributed by atoms with E-state index in [1.807, 2.05) is 0 Å². The van der Waals surface area contributed by atoms with Crippen molar-refractivity contribution < 1.29 is 4.39 Å². The molecule has 0 atom stereocenters. The second-order valence-corrected chi connectivity index (χ2v) is 4.28. The summed E-state index contributed by atoms with van der Waals surface area (Å²) in [4.78, 5) is 19.0. The molecule has 0 spiro atoms. The van der Waals surface area contributed by atoms with Crippen molar-refractivity contribution in [2.75, 3.05) is 11.9 Å². The molecule has 92 valence electrons. The highest BCUT2D eigenvalue weighted by Gasteiger charge is 2.15. The van der Waals surface area contributed by atoms with E-state index in [0.717, 1.165) is 19.4 Å². The van der Waals surface area contributed by atoms with Crippen molar-refractivity contribution in [1.29, 1.82) is 0 Å². The topological polar surface area (TPSA) is 57.8 Å². The number of benzene rings is 1. The molecule has 0 fully saturated rings. The van der Waals surface area contributed by atoms with E-state index in [1.165, 1.54) is 12.1 Å². The number of nitrogens with one attached hydrogen (secondary N) is 2. The summed E-state index contributed by atoms with van der Waals surface area (Å²) in [7, 11) is 0. The number of fused-ring (bicyclic) bond motifs is 1. The van der Waals surface area contributed by atoms with Crippen LogP contribution in [0.2, 0.25) is 0 Å². The average molecular weight is 245 g/mol. The fourth-order valence-electron chi connectivity index (χ4n) is 2.12. The molecule has 0 saturated carbocycles. The largest absolute Gasteiger partial charge is 0.370 e. The maximum Gasteiger partial charge on any atom is 0.256 e. The highest BCUT2D eigenvalue weighted by atomic mass is 19.1. The Hall–Kier alpha value is -2.17. The lowest BCUT2D eigenvalue weighted by Gasteiger charge is -2.16. The van der Waals surface area contributed by atoms with Gasteiger partial charge in [-0.25, -0.2) is 9.37 Å². The number of aromatic amines is 1. The average Bonchev–Trinajstić information content (AvgIpc) is 2.39. The van der Waals surface area contributed by atoms with E-state index >= 15 is 0 Å². The van der Waals surface area contributed by atoms with Gasteiger partial charge in [-0.3, -0.25) is 4.79 Å². The molecule has 1 aliphatic rings. The quantitative estimate of drug-likeness (QED) is 0.807. The standard InChI is InChI=1S/C13H12FN3O/c14-9-4-1-3-8(7-9)11-16-12-10(13(18)17-11)5-2-6-15-12/h1,3-4,7H,2,5-6H2,(H2,15,16,17,18). The second kappa shape index (κ2) is 4.25. The van der Waals surface area contributed by atoms with Gasteiger partial charge in [-0.05, 0) is 25.0 Å². The lowest BCUT2D eigenvalue weighted by Crippen LogP contribution is -2.24. The molecular weight excluding hydrogens is 233 g/mol. The van der Waals surface area contributed by atoms with Gasteiger partial charge in [0.05, 0.1) is 5.56 Å². The van der Waals surface area contributed by atoms with Crippen LogP contribution in [0.15, 0.2) is 29.1 Å². The number of anilines is 1. The summed E-state index contributed by atoms with van der Waals surface area (Å²) in [6.07, 6.45) is 1.66. The number of H-pyrrole nitrogens is 1. The molecule has 0 amide bonds. The van der Waals surface area contributed by atoms with E-state index in [2.05, 4.69) is 15.3 Å². The van der Waals surface area contributed by atoms with E-state index < -0.39 is 0 Å². The summed E-state index contributed by atoms with van der Waals surface area (Å²) in [5.41, 5.74) is 1.11. The lowest BCUT2D eigenvalue weighted by molar-refractivity contribution is 0.628. The highest BCUT2D eigenvalue weighted by Crippen LogP contribution is 2.20. The Labute approximate surface area is 103 Å². The molecule has 0 saturated heterocycles. The van der Waals surface area contributed by atoms with E-state index in [-0.39, 0.29) is 11.4 Å². The van der Waals surface area contributed by atoms with Gasteiger partial charge < -0.3 is 10.3 Å². The maximum atomic E-state index is 13.2. The fraction of sp³-hybridized carbons (Fsp3) is 0.231. The smallest absolute Gasteiger partial charge is 0.256 e. The minimum atomic E-state index is -0.346. The summed E-state index contributed by atoms with van der Waals surface area (Å²) < 4.78 is 13.2. The Morgan fingerprint density at radius 1 is 1.33 bits per heavy atom. The zero-order chi connectivity index (χ0) is 12.5. The van der Waals surface area contributed by atoms with Crippen LogP contribution in [0.3, 0.4) is 0 Å². The fourth-order valence-corrected chi connectivity index (χ4v) is 2.12. The Kier molecular flexibility index (Phi) is 2.59. The normalized spacial score (nSPS) is 13.8. The summed E-state index contributed by atoms with van der Waals surface area (Å²) in [5.74, 6) is 0.665. The Balaban J connectivity index is 2.14. The van der Waals surface area contributed by atoms with Crippen LogP contribution in [-0.4, -0.2) is 16.5 Å². The first-order chi connectivity index (χ1) is 8.74. The van der Waals surface area contributed by atoms with Gasteiger partial charge in [0, 0.05) is 12.1 Å². The van der Waals surface area contributed by atoms with Crippen molar-refractivity contribution >= 4 is 5.82 Å². The van der Waals surface area contributed by atoms with Crippen molar-refractivity contribution in [1.82, 2.24) is 9.97 Å². The molecule has 3 rings (SSSR count). The lowest BCUT2D eigenvalue weighted by atomic mass is 10.1. The first-order valence-electron chi connectivity index (χ1n) is 5.87. The molecule has 0 unspecified atom stereocenters. The minimum absolute atomic E-state index is 0.147. The molecule has 1 aromatic heterocycles. The summed E-state index contributed by atoms with van der Waals surface area (Å²) in [6, 6.07) is 6.03. The van der Waals surface area contributed by atoms with Crippen LogP contribution in [0, 0.1) is 5.82 Å². The second-order valence-electron chi connectivity index (χ2n) is 4.28. The molecule has 1 aliphatic heterocycles. The van der Waals surface area contributed by atoms with E-state index in [4.69, 9.17) is 0 Å². The van der Waals surface area contributed by atoms with Crippen LogP contribution in [0.4, 0.5) is 10.2 Å². The van der Waals surface area contributed by atoms with Crippen molar-refractivity contribution in [3.8, 4) is 11.4 Å². The van der Waals surface area contributed by atoms with Crippen molar-refractivity contribution in [3.05, 3.63) is 46.0 Å². The number of nitrogens with zero attached hydrogens (tertiary/aromatic N) is 1. The molecule has 0 aliphatic carbocycles. The Morgan fingerprint density at radius 2 is 2.22 bits per heavy atom. The number of hydrogen-bond acceptors (Lipinski definition) is 3. The van der Waals surface area contributed by atoms with E-state index in [0.29, 0.717) is 22.8 Å². The van der Waals surface area contributed by atoms with Gasteiger partial charge in [-0.15, -0.1) is 0 Å². The number of hydrogen-bond donors (Lipinski definition) is 2. The van der Waals surface area contributed by atoms with Gasteiger partial charge in [0.1, 0.15) is 17.5 Å². The van der Waals surface area contributed by atoms with Gasteiger partial charge in [-0.2, -0.15) is 0 Å². The van der Waals surface area contributed by atoms with E-state index in [1.54, 1.807) is 12.1 Å². The summed E-state index contributed by atoms with van der Waals surface area (Å²) in [5, 5.41) is 3.10. The molecule has 18 heavy (non-hydrogen) atoms. The molecular formula is C13H12FN3O. The molecule has 0 bridgehead atoms. The molecule has 1 aromatic carbocycles. The molecule has 5 heteroatoms. The van der Waals surface area contributed by atoms with Crippen molar-refractivity contribution in [3.63, 3.8) is 0 Å². The van der Waals surface area contributed by atoms with Crippen LogP contribution >= 0.6 is 0 Å². The van der Waals surface area contributed by atoms with Crippen molar-refractivity contribution in [2.24, 2.45) is 0 Å². The Morgan fingerprint density at radius 3 is 3.06 bits per heavy atom. The zero-order valence-corrected chi connectivity index (χ0v) is 9.66. The predicted octanol–water partition coefficient (Wildman–Crippen LogP) is 1.93. The number of halogens is 1. The molecule has 2 aromatic rings. The molecule has 2 N–H and O–H groups in total. The van der Waals surface area contributed by atoms with Crippen LogP contribution < -0.4 is 10.9 Å². The molecule has 0 radical (unpaired) electrons. The molecule has 4 nitrogen and oxygen atoms in total. The van der Waals surface area contributed by atoms with Crippen LogP contribution in [0.5, 0.6) is 0 Å². The summed E-state index contributed by atoms with van der Waals surface area (Å²) >= 11 is 0. The minimum Gasteiger partial charge on any atom is -0.370 e. The first-order valence-corrected chi connectivity index (χ1v) is 5.87. The maximum absolute atomic E-state index is 13.2. The van der Waals surface area contributed by atoms with Crippen LogP contribution in [-0.2, 0) is 6.42 Å². The van der Waals surface area contributed by atoms with Gasteiger partial charge in [0.25, 0.3) is 5.56 Å². The van der Waals surface area contributed by atoms with Crippen LogP contribution in [0.25, 0.3) is 11.4 Å². The Bertz CT molecular complexity index is 651. The van der Waals surface area contributed by atoms with Gasteiger partial charge >= 0.3 is 0 Å². The van der Waals surface area contributed by atoms with Gasteiger partial charge in [0.2, 0.25) is 0 Å². The van der Waals surface area contributed by atoms with Crippen molar-refractivity contribution in [2.45, 2.75) is 12.8 Å².